The number of carbonyl (C=O) groups is 1. The number of aliphatic hydroxyl groups is 1. The Morgan fingerprint density at radius 1 is 1.65 bits per heavy atom. The van der Waals surface area contributed by atoms with Gasteiger partial charge in [-0.1, -0.05) is 0 Å². The number of carboxylic acids is 1. The fourth-order valence-electron chi connectivity index (χ4n) is 2.35. The standard InChI is InChI=1S/C12H16N2O3/c1-8(15)10-5-3-7-14(10)11-9(12(16)17)4-2-6-13-11/h2,4,6,8,10,15H,3,5,7H2,1H3,(H,16,17)/t8-,10-/m0/s1. The maximum absolute atomic E-state index is 11.1. The van der Waals surface area contributed by atoms with Crippen LogP contribution in [0.2, 0.25) is 0 Å². The van der Waals surface area contributed by atoms with Crippen molar-refractivity contribution in [1.29, 1.82) is 0 Å². The lowest BCUT2D eigenvalue weighted by Crippen LogP contribution is -2.38. The molecule has 0 bridgehead atoms. The van der Waals surface area contributed by atoms with E-state index in [-0.39, 0.29) is 11.6 Å². The SMILES string of the molecule is C[C@H](O)[C@@H]1CCCN1c1ncccc1C(=O)O. The van der Waals surface area contributed by atoms with E-state index in [9.17, 15) is 9.90 Å². The highest BCUT2D eigenvalue weighted by Crippen LogP contribution is 2.28. The van der Waals surface area contributed by atoms with Crippen molar-refractivity contribution in [3.8, 4) is 0 Å². The van der Waals surface area contributed by atoms with Gasteiger partial charge in [-0.3, -0.25) is 0 Å². The molecule has 0 spiro atoms. The van der Waals surface area contributed by atoms with E-state index >= 15 is 0 Å². The van der Waals surface area contributed by atoms with E-state index in [1.54, 1.807) is 25.3 Å². The number of aromatic nitrogens is 1. The van der Waals surface area contributed by atoms with Gasteiger partial charge in [0.05, 0.1) is 12.1 Å². The Bertz CT molecular complexity index is 420. The molecule has 0 radical (unpaired) electrons. The Hall–Kier alpha value is -1.62. The van der Waals surface area contributed by atoms with Crippen molar-refractivity contribution >= 4 is 11.8 Å². The second-order valence-corrected chi connectivity index (χ2v) is 4.32. The first-order valence-corrected chi connectivity index (χ1v) is 5.74. The molecule has 0 unspecified atom stereocenters. The molecular weight excluding hydrogens is 220 g/mol. The fourth-order valence-corrected chi connectivity index (χ4v) is 2.35. The highest BCUT2D eigenvalue weighted by Gasteiger charge is 2.31. The van der Waals surface area contributed by atoms with Gasteiger partial charge < -0.3 is 15.1 Å². The number of hydrogen-bond donors (Lipinski definition) is 2. The van der Waals surface area contributed by atoms with Crippen molar-refractivity contribution < 1.29 is 15.0 Å². The van der Waals surface area contributed by atoms with E-state index in [0.717, 1.165) is 19.4 Å². The van der Waals surface area contributed by atoms with Crippen LogP contribution in [-0.4, -0.2) is 39.9 Å². The summed E-state index contributed by atoms with van der Waals surface area (Å²) in [6.07, 6.45) is 2.92. The minimum atomic E-state index is -0.982. The van der Waals surface area contributed by atoms with Gasteiger partial charge in [-0.05, 0) is 31.9 Å². The topological polar surface area (TPSA) is 73.7 Å². The van der Waals surface area contributed by atoms with Crippen molar-refractivity contribution in [2.24, 2.45) is 0 Å². The molecule has 1 aromatic rings. The molecular formula is C12H16N2O3. The zero-order valence-corrected chi connectivity index (χ0v) is 9.71. The van der Waals surface area contributed by atoms with Crippen LogP contribution in [-0.2, 0) is 0 Å². The zero-order valence-electron chi connectivity index (χ0n) is 9.71. The van der Waals surface area contributed by atoms with Crippen LogP contribution in [0.5, 0.6) is 0 Å². The van der Waals surface area contributed by atoms with Crippen molar-refractivity contribution in [3.05, 3.63) is 23.9 Å². The van der Waals surface area contributed by atoms with Crippen LogP contribution in [0.25, 0.3) is 0 Å². The fraction of sp³-hybridized carbons (Fsp3) is 0.500. The molecule has 1 aliphatic rings. The van der Waals surface area contributed by atoms with Gasteiger partial charge in [0.15, 0.2) is 0 Å². The first kappa shape index (κ1) is 11.9. The average molecular weight is 236 g/mol. The molecule has 2 N–H and O–H groups in total. The van der Waals surface area contributed by atoms with E-state index in [1.807, 2.05) is 4.90 Å². The monoisotopic (exact) mass is 236 g/mol. The quantitative estimate of drug-likeness (QED) is 0.823. The Morgan fingerprint density at radius 2 is 2.41 bits per heavy atom. The molecule has 0 saturated carbocycles. The van der Waals surface area contributed by atoms with Gasteiger partial charge >= 0.3 is 5.97 Å². The molecule has 5 nitrogen and oxygen atoms in total. The van der Waals surface area contributed by atoms with Gasteiger partial charge in [0, 0.05) is 12.7 Å². The smallest absolute Gasteiger partial charge is 0.339 e. The number of anilines is 1. The third-order valence-corrected chi connectivity index (χ3v) is 3.15. The number of pyridine rings is 1. The summed E-state index contributed by atoms with van der Waals surface area (Å²) < 4.78 is 0. The highest BCUT2D eigenvalue weighted by molar-refractivity contribution is 5.93. The maximum atomic E-state index is 11.1. The van der Waals surface area contributed by atoms with Crippen molar-refractivity contribution in [3.63, 3.8) is 0 Å². The van der Waals surface area contributed by atoms with Crippen LogP contribution in [0.1, 0.15) is 30.1 Å². The number of nitrogens with zero attached hydrogens (tertiary/aromatic N) is 2. The second-order valence-electron chi connectivity index (χ2n) is 4.32. The zero-order chi connectivity index (χ0) is 12.4. The minimum absolute atomic E-state index is 0.0389. The number of carboxylic acid groups (broad SMARTS) is 1. The molecule has 5 heteroatoms. The molecule has 1 fully saturated rings. The van der Waals surface area contributed by atoms with E-state index in [0.29, 0.717) is 5.82 Å². The minimum Gasteiger partial charge on any atom is -0.478 e. The second kappa shape index (κ2) is 4.71. The van der Waals surface area contributed by atoms with E-state index in [2.05, 4.69) is 4.98 Å². The lowest BCUT2D eigenvalue weighted by atomic mass is 10.1. The number of aromatic carboxylic acids is 1. The summed E-state index contributed by atoms with van der Waals surface area (Å²) in [5.41, 5.74) is 0.194. The molecule has 0 aliphatic carbocycles. The first-order valence-electron chi connectivity index (χ1n) is 5.74. The van der Waals surface area contributed by atoms with Gasteiger partial charge in [-0.2, -0.15) is 0 Å². The number of hydrogen-bond acceptors (Lipinski definition) is 4. The van der Waals surface area contributed by atoms with E-state index in [1.165, 1.54) is 0 Å². The van der Waals surface area contributed by atoms with Gasteiger partial charge in [0.25, 0.3) is 0 Å². The predicted octanol–water partition coefficient (Wildman–Crippen LogP) is 1.13. The third kappa shape index (κ3) is 2.24. The van der Waals surface area contributed by atoms with Gasteiger partial charge in [0.2, 0.25) is 0 Å². The molecule has 0 aromatic carbocycles. The predicted molar refractivity (Wildman–Crippen MR) is 63.2 cm³/mol. The molecule has 2 rings (SSSR count). The first-order chi connectivity index (χ1) is 8.11. The van der Waals surface area contributed by atoms with Crippen LogP contribution >= 0.6 is 0 Å². The summed E-state index contributed by atoms with van der Waals surface area (Å²) in [5.74, 6) is -0.521. The molecule has 2 heterocycles. The molecule has 1 saturated heterocycles. The largest absolute Gasteiger partial charge is 0.478 e. The Kier molecular flexibility index (Phi) is 3.28. The van der Waals surface area contributed by atoms with Crippen LogP contribution < -0.4 is 4.90 Å². The Balaban J connectivity index is 2.36. The Labute approximate surface area is 99.7 Å². The summed E-state index contributed by atoms with van der Waals surface area (Å²) in [6.45, 7) is 2.47. The lowest BCUT2D eigenvalue weighted by Gasteiger charge is -2.28. The molecule has 17 heavy (non-hydrogen) atoms. The molecule has 1 aliphatic heterocycles. The van der Waals surface area contributed by atoms with Crippen molar-refractivity contribution in [2.45, 2.75) is 31.9 Å². The highest BCUT2D eigenvalue weighted by atomic mass is 16.4. The normalized spacial score (nSPS) is 21.5. The summed E-state index contributed by atoms with van der Waals surface area (Å²) in [6, 6.07) is 3.12. The summed E-state index contributed by atoms with van der Waals surface area (Å²) in [7, 11) is 0. The summed E-state index contributed by atoms with van der Waals surface area (Å²) in [5, 5.41) is 18.8. The number of aliphatic hydroxyl groups excluding tert-OH is 1. The van der Waals surface area contributed by atoms with Crippen LogP contribution in [0.4, 0.5) is 5.82 Å². The maximum Gasteiger partial charge on any atom is 0.339 e. The molecule has 2 atom stereocenters. The van der Waals surface area contributed by atoms with Crippen molar-refractivity contribution in [2.75, 3.05) is 11.4 Å². The third-order valence-electron chi connectivity index (χ3n) is 3.15. The van der Waals surface area contributed by atoms with Gasteiger partial charge in [0.1, 0.15) is 11.4 Å². The summed E-state index contributed by atoms with van der Waals surface area (Å²) in [4.78, 5) is 17.2. The average Bonchev–Trinajstić information content (AvgIpc) is 2.77. The molecule has 1 aromatic heterocycles. The lowest BCUT2D eigenvalue weighted by molar-refractivity contribution is 0.0696. The summed E-state index contributed by atoms with van der Waals surface area (Å²) >= 11 is 0. The van der Waals surface area contributed by atoms with E-state index < -0.39 is 12.1 Å². The van der Waals surface area contributed by atoms with Crippen LogP contribution in [0.3, 0.4) is 0 Å². The van der Waals surface area contributed by atoms with Crippen molar-refractivity contribution in [1.82, 2.24) is 4.98 Å². The number of rotatable bonds is 3. The molecule has 92 valence electrons. The van der Waals surface area contributed by atoms with Crippen LogP contribution in [0, 0.1) is 0 Å². The molecule has 0 amide bonds. The Morgan fingerprint density at radius 3 is 3.06 bits per heavy atom. The van der Waals surface area contributed by atoms with Crippen LogP contribution in [0.15, 0.2) is 18.3 Å². The van der Waals surface area contributed by atoms with Gasteiger partial charge in [-0.25, -0.2) is 9.78 Å². The van der Waals surface area contributed by atoms with E-state index in [4.69, 9.17) is 5.11 Å². The van der Waals surface area contributed by atoms with Gasteiger partial charge in [-0.15, -0.1) is 0 Å².